The molecule has 0 radical (unpaired) electrons. The van der Waals surface area contributed by atoms with E-state index < -0.39 is 0 Å². The Morgan fingerprint density at radius 2 is 2.24 bits per heavy atom. The van der Waals surface area contributed by atoms with E-state index in [1.54, 1.807) is 12.4 Å². The summed E-state index contributed by atoms with van der Waals surface area (Å²) in [6, 6.07) is 8.64. The lowest BCUT2D eigenvalue weighted by molar-refractivity contribution is -0.117. The normalized spacial score (nSPS) is 16.4. The molecule has 4 rings (SSSR count). The lowest BCUT2D eigenvalue weighted by atomic mass is 9.88. The molecular formula is C18H20N6O. The third-order valence-electron chi connectivity index (χ3n) is 4.65. The number of benzene rings is 1. The molecule has 128 valence electrons. The molecule has 7 heteroatoms. The second-order valence-electron chi connectivity index (χ2n) is 6.38. The SMILES string of the molecule is Cc1cnn(C2CCCc3ccccc32)c1NC(=O)Cn1ccnn1. The summed E-state index contributed by atoms with van der Waals surface area (Å²) in [5.74, 6) is 0.617. The first-order chi connectivity index (χ1) is 12.2. The van der Waals surface area contributed by atoms with E-state index in [0.717, 1.165) is 30.6 Å². The summed E-state index contributed by atoms with van der Waals surface area (Å²) in [4.78, 5) is 12.4. The van der Waals surface area contributed by atoms with Crippen molar-refractivity contribution in [1.82, 2.24) is 24.8 Å². The van der Waals surface area contributed by atoms with Crippen LogP contribution in [-0.2, 0) is 17.8 Å². The number of nitrogens with zero attached hydrogens (tertiary/aromatic N) is 5. The van der Waals surface area contributed by atoms with Gasteiger partial charge in [-0.15, -0.1) is 5.10 Å². The highest BCUT2D eigenvalue weighted by Gasteiger charge is 2.25. The number of hydrogen-bond donors (Lipinski definition) is 1. The maximum Gasteiger partial charge on any atom is 0.247 e. The van der Waals surface area contributed by atoms with Crippen LogP contribution in [0.15, 0.2) is 42.9 Å². The van der Waals surface area contributed by atoms with Crippen molar-refractivity contribution in [1.29, 1.82) is 0 Å². The summed E-state index contributed by atoms with van der Waals surface area (Å²) >= 11 is 0. The Labute approximate surface area is 145 Å². The molecule has 1 unspecified atom stereocenters. The van der Waals surface area contributed by atoms with E-state index in [-0.39, 0.29) is 18.5 Å². The van der Waals surface area contributed by atoms with Crippen molar-refractivity contribution in [2.75, 3.05) is 5.32 Å². The quantitative estimate of drug-likeness (QED) is 0.793. The molecule has 0 aliphatic heterocycles. The second kappa shape index (κ2) is 6.51. The number of amides is 1. The number of aryl methyl sites for hydroxylation is 2. The van der Waals surface area contributed by atoms with Crippen molar-refractivity contribution in [2.24, 2.45) is 0 Å². The lowest BCUT2D eigenvalue weighted by Gasteiger charge is -2.27. The van der Waals surface area contributed by atoms with Crippen LogP contribution in [-0.4, -0.2) is 30.7 Å². The molecule has 1 amide bonds. The molecule has 1 atom stereocenters. The number of carbonyl (C=O) groups excluding carboxylic acids is 1. The van der Waals surface area contributed by atoms with Gasteiger partial charge in [0, 0.05) is 11.8 Å². The standard InChI is InChI=1S/C18H20N6O/c1-13-11-20-24(16-8-4-6-14-5-2-3-7-15(14)16)18(13)21-17(25)12-23-10-9-19-22-23/h2-3,5,7,9-11,16H,4,6,8,12H2,1H3,(H,21,25). The first kappa shape index (κ1) is 15.6. The fourth-order valence-electron chi connectivity index (χ4n) is 3.46. The van der Waals surface area contributed by atoms with Crippen molar-refractivity contribution in [3.05, 3.63) is 59.5 Å². The number of hydrogen-bond acceptors (Lipinski definition) is 4. The van der Waals surface area contributed by atoms with Gasteiger partial charge in [-0.2, -0.15) is 5.10 Å². The van der Waals surface area contributed by atoms with Crippen molar-refractivity contribution in [3.63, 3.8) is 0 Å². The number of fused-ring (bicyclic) bond motifs is 1. The summed E-state index contributed by atoms with van der Waals surface area (Å²) < 4.78 is 3.45. The predicted octanol–water partition coefficient (Wildman–Crippen LogP) is 2.35. The van der Waals surface area contributed by atoms with E-state index in [4.69, 9.17) is 0 Å². The Bertz CT molecular complexity index is 883. The second-order valence-corrected chi connectivity index (χ2v) is 6.38. The molecule has 1 aliphatic rings. The maximum atomic E-state index is 12.4. The fraction of sp³-hybridized carbons (Fsp3) is 0.333. The van der Waals surface area contributed by atoms with Gasteiger partial charge in [0.15, 0.2) is 0 Å². The topological polar surface area (TPSA) is 77.6 Å². The van der Waals surface area contributed by atoms with Crippen LogP contribution in [0.5, 0.6) is 0 Å². The average molecular weight is 336 g/mol. The molecule has 2 aromatic heterocycles. The number of carbonyl (C=O) groups is 1. The molecule has 2 heterocycles. The zero-order valence-corrected chi connectivity index (χ0v) is 14.1. The van der Waals surface area contributed by atoms with E-state index in [1.165, 1.54) is 15.8 Å². The third kappa shape index (κ3) is 3.05. The molecule has 1 aromatic carbocycles. The minimum Gasteiger partial charge on any atom is -0.309 e. The first-order valence-electron chi connectivity index (χ1n) is 8.48. The Balaban J connectivity index is 1.61. The number of anilines is 1. The van der Waals surface area contributed by atoms with E-state index in [2.05, 4.69) is 45.0 Å². The lowest BCUT2D eigenvalue weighted by Crippen LogP contribution is -2.25. The molecular weight excluding hydrogens is 316 g/mol. The molecule has 1 aliphatic carbocycles. The van der Waals surface area contributed by atoms with Gasteiger partial charge in [-0.1, -0.05) is 29.5 Å². The average Bonchev–Trinajstić information content (AvgIpc) is 3.25. The van der Waals surface area contributed by atoms with Crippen LogP contribution in [0.25, 0.3) is 0 Å². The minimum absolute atomic E-state index is 0.131. The maximum absolute atomic E-state index is 12.4. The fourth-order valence-corrected chi connectivity index (χ4v) is 3.46. The summed E-state index contributed by atoms with van der Waals surface area (Å²) in [5.41, 5.74) is 3.62. The Hall–Kier alpha value is -2.96. The van der Waals surface area contributed by atoms with Gasteiger partial charge in [0.25, 0.3) is 0 Å². The van der Waals surface area contributed by atoms with Gasteiger partial charge in [-0.3, -0.25) is 4.79 Å². The van der Waals surface area contributed by atoms with E-state index in [0.29, 0.717) is 0 Å². The molecule has 3 aromatic rings. The van der Waals surface area contributed by atoms with E-state index >= 15 is 0 Å². The molecule has 0 saturated heterocycles. The van der Waals surface area contributed by atoms with Crippen molar-refractivity contribution in [2.45, 2.75) is 38.8 Å². The smallest absolute Gasteiger partial charge is 0.247 e. The van der Waals surface area contributed by atoms with Crippen LogP contribution in [0.2, 0.25) is 0 Å². The zero-order chi connectivity index (χ0) is 17.2. The molecule has 0 bridgehead atoms. The van der Waals surface area contributed by atoms with Crippen LogP contribution in [0.3, 0.4) is 0 Å². The highest BCUT2D eigenvalue weighted by molar-refractivity contribution is 5.90. The van der Waals surface area contributed by atoms with Crippen molar-refractivity contribution < 1.29 is 4.79 Å². The molecule has 1 N–H and O–H groups in total. The van der Waals surface area contributed by atoms with Gasteiger partial charge in [0.1, 0.15) is 12.4 Å². The summed E-state index contributed by atoms with van der Waals surface area (Å²) in [7, 11) is 0. The van der Waals surface area contributed by atoms with Crippen molar-refractivity contribution >= 4 is 11.7 Å². The molecule has 25 heavy (non-hydrogen) atoms. The zero-order valence-electron chi connectivity index (χ0n) is 14.1. The van der Waals surface area contributed by atoms with Crippen LogP contribution in [0, 0.1) is 6.92 Å². The van der Waals surface area contributed by atoms with Crippen LogP contribution in [0.4, 0.5) is 5.82 Å². The van der Waals surface area contributed by atoms with E-state index in [1.807, 2.05) is 17.8 Å². The Morgan fingerprint density at radius 3 is 3.08 bits per heavy atom. The molecule has 0 fully saturated rings. The monoisotopic (exact) mass is 336 g/mol. The van der Waals surface area contributed by atoms with Crippen LogP contribution in [0.1, 0.15) is 35.6 Å². The van der Waals surface area contributed by atoms with Gasteiger partial charge >= 0.3 is 0 Å². The summed E-state index contributed by atoms with van der Waals surface area (Å²) in [6.07, 6.45) is 8.27. The first-order valence-corrected chi connectivity index (χ1v) is 8.48. The van der Waals surface area contributed by atoms with E-state index in [9.17, 15) is 4.79 Å². The predicted molar refractivity (Wildman–Crippen MR) is 93.1 cm³/mol. The van der Waals surface area contributed by atoms with Gasteiger partial charge in [0.2, 0.25) is 5.91 Å². The van der Waals surface area contributed by atoms with Gasteiger partial charge in [-0.05, 0) is 37.3 Å². The van der Waals surface area contributed by atoms with Crippen LogP contribution >= 0.6 is 0 Å². The van der Waals surface area contributed by atoms with Gasteiger partial charge < -0.3 is 5.32 Å². The number of nitrogens with one attached hydrogen (secondary N) is 1. The largest absolute Gasteiger partial charge is 0.309 e. The number of rotatable bonds is 4. The molecule has 0 spiro atoms. The summed E-state index contributed by atoms with van der Waals surface area (Å²) in [5, 5.41) is 15.1. The van der Waals surface area contributed by atoms with Crippen LogP contribution < -0.4 is 5.32 Å². The van der Waals surface area contributed by atoms with Crippen molar-refractivity contribution in [3.8, 4) is 0 Å². The summed E-state index contributed by atoms with van der Waals surface area (Å²) in [6.45, 7) is 2.09. The highest BCUT2D eigenvalue weighted by atomic mass is 16.2. The third-order valence-corrected chi connectivity index (χ3v) is 4.65. The van der Waals surface area contributed by atoms with Gasteiger partial charge in [0.05, 0.1) is 18.4 Å². The highest BCUT2D eigenvalue weighted by Crippen LogP contribution is 2.35. The Morgan fingerprint density at radius 1 is 1.36 bits per heavy atom. The molecule has 7 nitrogen and oxygen atoms in total. The number of aromatic nitrogens is 5. The minimum atomic E-state index is -0.139. The Kier molecular flexibility index (Phi) is 4.05. The van der Waals surface area contributed by atoms with Gasteiger partial charge in [-0.25, -0.2) is 9.36 Å². The molecule has 0 saturated carbocycles.